The van der Waals surface area contributed by atoms with Crippen molar-refractivity contribution in [2.45, 2.75) is 43.9 Å². The van der Waals surface area contributed by atoms with Gasteiger partial charge in [0.05, 0.1) is 0 Å². The lowest BCUT2D eigenvalue weighted by molar-refractivity contribution is -0.0235. The summed E-state index contributed by atoms with van der Waals surface area (Å²) >= 11 is 6.48. The number of halogens is 1. The first-order valence-electron chi connectivity index (χ1n) is 8.64. The molecule has 0 aromatic heterocycles. The summed E-state index contributed by atoms with van der Waals surface area (Å²) < 4.78 is 6.26. The SMILES string of the molecule is CC1(C)C[C@]2(C[C@@H](c3ccccc3Cl)c3ccc(O)cc3O2)NC(=O)N1. The number of rotatable bonds is 1. The normalized spacial score (nSPS) is 26.4. The summed E-state index contributed by atoms with van der Waals surface area (Å²) in [5, 5.41) is 16.5. The first kappa shape index (κ1) is 17.0. The van der Waals surface area contributed by atoms with Crippen LogP contribution in [-0.4, -0.2) is 22.4 Å². The summed E-state index contributed by atoms with van der Waals surface area (Å²) in [6.45, 7) is 3.94. The smallest absolute Gasteiger partial charge is 0.318 e. The number of urea groups is 1. The second-order valence-corrected chi connectivity index (χ2v) is 8.14. The van der Waals surface area contributed by atoms with E-state index in [-0.39, 0.29) is 17.7 Å². The highest BCUT2D eigenvalue weighted by atomic mass is 35.5. The van der Waals surface area contributed by atoms with E-state index in [0.717, 1.165) is 11.1 Å². The van der Waals surface area contributed by atoms with Crippen LogP contribution >= 0.6 is 11.6 Å². The van der Waals surface area contributed by atoms with Gasteiger partial charge >= 0.3 is 6.03 Å². The fraction of sp³-hybridized carbons (Fsp3) is 0.350. The van der Waals surface area contributed by atoms with Gasteiger partial charge in [0.25, 0.3) is 0 Å². The highest BCUT2D eigenvalue weighted by molar-refractivity contribution is 6.31. The molecule has 1 spiro atoms. The number of hydrogen-bond donors (Lipinski definition) is 3. The van der Waals surface area contributed by atoms with Gasteiger partial charge in [-0.1, -0.05) is 35.9 Å². The Morgan fingerprint density at radius 3 is 2.65 bits per heavy atom. The van der Waals surface area contributed by atoms with E-state index < -0.39 is 11.3 Å². The van der Waals surface area contributed by atoms with Crippen molar-refractivity contribution in [3.8, 4) is 11.5 Å². The first-order valence-corrected chi connectivity index (χ1v) is 9.01. The van der Waals surface area contributed by atoms with Crippen LogP contribution in [0.3, 0.4) is 0 Å². The highest BCUT2D eigenvalue weighted by Crippen LogP contribution is 2.48. The van der Waals surface area contributed by atoms with Gasteiger partial charge in [-0.15, -0.1) is 0 Å². The van der Waals surface area contributed by atoms with E-state index in [1.807, 2.05) is 44.2 Å². The third-order valence-electron chi connectivity index (χ3n) is 5.01. The lowest BCUT2D eigenvalue weighted by atomic mass is 9.77. The molecule has 3 N–H and O–H groups in total. The maximum Gasteiger partial charge on any atom is 0.318 e. The maximum absolute atomic E-state index is 12.3. The number of aromatic hydroxyl groups is 1. The molecular formula is C20H21ClN2O3. The molecule has 1 saturated heterocycles. The Labute approximate surface area is 157 Å². The van der Waals surface area contributed by atoms with Crippen LogP contribution in [0.5, 0.6) is 11.5 Å². The van der Waals surface area contributed by atoms with Crippen LogP contribution in [0, 0.1) is 0 Å². The predicted molar refractivity (Wildman–Crippen MR) is 99.7 cm³/mol. The second kappa shape index (κ2) is 5.81. The fourth-order valence-electron chi connectivity index (χ4n) is 4.16. The summed E-state index contributed by atoms with van der Waals surface area (Å²) in [5.74, 6) is 0.639. The summed E-state index contributed by atoms with van der Waals surface area (Å²) in [5.41, 5.74) is 0.652. The lowest BCUT2D eigenvalue weighted by Crippen LogP contribution is -2.69. The van der Waals surface area contributed by atoms with Gasteiger partial charge in [0.2, 0.25) is 0 Å². The topological polar surface area (TPSA) is 70.6 Å². The molecule has 2 aromatic carbocycles. The molecule has 26 heavy (non-hydrogen) atoms. The van der Waals surface area contributed by atoms with E-state index in [2.05, 4.69) is 10.6 Å². The standard InChI is InChI=1S/C20H21ClN2O3/c1-19(2)11-20(23-18(25)22-19)10-15(13-5-3-4-6-16(13)21)14-8-7-12(24)9-17(14)26-20/h3-9,15,24H,10-11H2,1-2H3,(H2,22,23,25)/t15-,20+/m0/s1. The predicted octanol–water partition coefficient (Wildman–Crippen LogP) is 4.14. The van der Waals surface area contributed by atoms with E-state index in [1.165, 1.54) is 0 Å². The van der Waals surface area contributed by atoms with Gasteiger partial charge < -0.3 is 20.5 Å². The monoisotopic (exact) mass is 372 g/mol. The molecule has 2 amide bonds. The van der Waals surface area contributed by atoms with E-state index in [1.54, 1.807) is 12.1 Å². The van der Waals surface area contributed by atoms with E-state index in [0.29, 0.717) is 23.6 Å². The second-order valence-electron chi connectivity index (χ2n) is 7.74. The number of fused-ring (bicyclic) bond motifs is 1. The molecule has 2 aliphatic rings. The van der Waals surface area contributed by atoms with E-state index in [4.69, 9.17) is 16.3 Å². The number of carbonyl (C=O) groups is 1. The molecule has 136 valence electrons. The minimum absolute atomic E-state index is 0.0535. The number of amides is 2. The maximum atomic E-state index is 12.3. The van der Waals surface area contributed by atoms with Gasteiger partial charge in [-0.05, 0) is 31.5 Å². The van der Waals surface area contributed by atoms with Crippen LogP contribution in [0.2, 0.25) is 5.02 Å². The zero-order valence-electron chi connectivity index (χ0n) is 14.7. The average Bonchev–Trinajstić information content (AvgIpc) is 2.52. The number of nitrogens with one attached hydrogen (secondary N) is 2. The van der Waals surface area contributed by atoms with Gasteiger partial charge in [0.1, 0.15) is 11.5 Å². The Morgan fingerprint density at radius 1 is 1.15 bits per heavy atom. The van der Waals surface area contributed by atoms with Gasteiger partial charge in [-0.25, -0.2) is 4.79 Å². The van der Waals surface area contributed by atoms with Crippen molar-refractivity contribution in [1.29, 1.82) is 0 Å². The molecule has 6 heteroatoms. The molecular weight excluding hydrogens is 352 g/mol. The van der Waals surface area contributed by atoms with Crippen molar-refractivity contribution in [3.05, 3.63) is 58.6 Å². The van der Waals surface area contributed by atoms with Gasteiger partial charge in [0, 0.05) is 41.0 Å². The van der Waals surface area contributed by atoms with Crippen LogP contribution in [-0.2, 0) is 0 Å². The molecule has 1 fully saturated rings. The van der Waals surface area contributed by atoms with Crippen molar-refractivity contribution >= 4 is 17.6 Å². The minimum atomic E-state index is -0.865. The molecule has 2 heterocycles. The molecule has 0 unspecified atom stereocenters. The molecule has 4 rings (SSSR count). The van der Waals surface area contributed by atoms with Crippen LogP contribution in [0.1, 0.15) is 43.7 Å². The number of carbonyl (C=O) groups excluding carboxylic acids is 1. The summed E-state index contributed by atoms with van der Waals surface area (Å²) in [7, 11) is 0. The number of hydrogen-bond acceptors (Lipinski definition) is 3. The highest BCUT2D eigenvalue weighted by Gasteiger charge is 2.49. The zero-order chi connectivity index (χ0) is 18.5. The quantitative estimate of drug-likeness (QED) is 0.704. The van der Waals surface area contributed by atoms with Crippen molar-refractivity contribution < 1.29 is 14.6 Å². The third kappa shape index (κ3) is 2.97. The van der Waals surface area contributed by atoms with Crippen molar-refractivity contribution in [1.82, 2.24) is 10.6 Å². The Morgan fingerprint density at radius 2 is 1.92 bits per heavy atom. The number of phenols is 1. The fourth-order valence-corrected chi connectivity index (χ4v) is 4.43. The van der Waals surface area contributed by atoms with Crippen LogP contribution < -0.4 is 15.4 Å². The summed E-state index contributed by atoms with van der Waals surface area (Å²) in [6, 6.07) is 12.6. The van der Waals surface area contributed by atoms with Gasteiger partial charge in [-0.3, -0.25) is 0 Å². The molecule has 2 atom stereocenters. The lowest BCUT2D eigenvalue weighted by Gasteiger charge is -2.49. The molecule has 0 bridgehead atoms. The average molecular weight is 373 g/mol. The van der Waals surface area contributed by atoms with Crippen molar-refractivity contribution in [3.63, 3.8) is 0 Å². The molecule has 2 aromatic rings. The Bertz CT molecular complexity index is 883. The number of phenolic OH excluding ortho intramolecular Hbond substituents is 1. The van der Waals surface area contributed by atoms with Crippen molar-refractivity contribution in [2.24, 2.45) is 0 Å². The Hall–Kier alpha value is -2.40. The van der Waals surface area contributed by atoms with Gasteiger partial charge in [0.15, 0.2) is 5.72 Å². The van der Waals surface area contributed by atoms with Crippen LogP contribution in [0.25, 0.3) is 0 Å². The molecule has 0 aliphatic carbocycles. The van der Waals surface area contributed by atoms with Crippen LogP contribution in [0.15, 0.2) is 42.5 Å². The van der Waals surface area contributed by atoms with E-state index >= 15 is 0 Å². The summed E-state index contributed by atoms with van der Waals surface area (Å²) in [6.07, 6.45) is 1.15. The van der Waals surface area contributed by atoms with E-state index in [9.17, 15) is 9.90 Å². The minimum Gasteiger partial charge on any atom is -0.508 e. The Kier molecular flexibility index (Phi) is 3.81. The Balaban J connectivity index is 1.84. The molecule has 0 saturated carbocycles. The van der Waals surface area contributed by atoms with Gasteiger partial charge in [-0.2, -0.15) is 0 Å². The molecule has 2 aliphatic heterocycles. The first-order chi connectivity index (χ1) is 12.3. The molecule has 5 nitrogen and oxygen atoms in total. The number of benzene rings is 2. The molecule has 0 radical (unpaired) electrons. The largest absolute Gasteiger partial charge is 0.508 e. The van der Waals surface area contributed by atoms with Crippen LogP contribution in [0.4, 0.5) is 4.79 Å². The number of ether oxygens (including phenoxy) is 1. The summed E-state index contributed by atoms with van der Waals surface area (Å²) in [4.78, 5) is 12.3. The third-order valence-corrected chi connectivity index (χ3v) is 5.36. The van der Waals surface area contributed by atoms with Crippen molar-refractivity contribution in [2.75, 3.05) is 0 Å². The zero-order valence-corrected chi connectivity index (χ0v) is 15.4.